The number of pyridine rings is 1. The predicted molar refractivity (Wildman–Crippen MR) is 242 cm³/mol. The van der Waals surface area contributed by atoms with Crippen LogP contribution < -0.4 is 0 Å². The lowest BCUT2D eigenvalue weighted by Crippen LogP contribution is -1.98. The number of fused-ring (bicyclic) bond motifs is 12. The van der Waals surface area contributed by atoms with Crippen molar-refractivity contribution in [2.24, 2.45) is 0 Å². The summed E-state index contributed by atoms with van der Waals surface area (Å²) in [6.07, 6.45) is 7.84. The highest BCUT2D eigenvalue weighted by atomic mass is 14.7. The number of aryl methyl sites for hydroxylation is 1. The molecule has 0 saturated carbocycles. The molecule has 12 rings (SSSR count). The highest BCUT2D eigenvalue weighted by Gasteiger charge is 2.21. The number of nitrogens with zero attached hydrogens (tertiary/aromatic N) is 1. The fourth-order valence-electron chi connectivity index (χ4n) is 9.72. The molecule has 0 spiro atoms. The molecule has 0 amide bonds. The van der Waals surface area contributed by atoms with E-state index >= 15 is 0 Å². The van der Waals surface area contributed by atoms with Crippen molar-refractivity contribution in [2.75, 3.05) is 0 Å². The third-order valence-electron chi connectivity index (χ3n) is 12.5. The quantitative estimate of drug-likeness (QED) is 0.165. The zero-order valence-electron chi connectivity index (χ0n) is 31.5. The standard InChI is InChI=1S/C56H37N/c1-2-10-35(11-3-1)54-29-27-37-21-20-36-12-9-19-45(55(36)56(37)57-54)44-25-24-43-31-42-23-22-40(32-51(42)52(43)34-44)38-13-8-14-39(30-38)41-26-28-50-48-17-5-4-15-46(48)47-16-6-7-18-49(47)53(50)33-41/h1-5,7-15,17-30,32-34H,6,16,31H2. The minimum Gasteiger partial charge on any atom is -0.247 e. The van der Waals surface area contributed by atoms with Gasteiger partial charge in [-0.2, -0.15) is 0 Å². The molecule has 0 radical (unpaired) electrons. The lowest BCUT2D eigenvalue weighted by molar-refractivity contribution is 1.00. The highest BCUT2D eigenvalue weighted by molar-refractivity contribution is 6.15. The summed E-state index contributed by atoms with van der Waals surface area (Å²) in [7, 11) is 0. The van der Waals surface area contributed by atoms with E-state index in [2.05, 4.69) is 188 Å². The molecule has 1 aromatic heterocycles. The molecule has 0 N–H and O–H groups in total. The van der Waals surface area contributed by atoms with Crippen molar-refractivity contribution >= 4 is 49.3 Å². The van der Waals surface area contributed by atoms with Crippen molar-refractivity contribution in [1.29, 1.82) is 0 Å². The van der Waals surface area contributed by atoms with Crippen LogP contribution in [-0.2, 0) is 12.8 Å². The van der Waals surface area contributed by atoms with E-state index in [9.17, 15) is 0 Å². The minimum absolute atomic E-state index is 0.955. The van der Waals surface area contributed by atoms with Crippen LogP contribution in [0, 0.1) is 0 Å². The average Bonchev–Trinajstić information content (AvgIpc) is 3.66. The van der Waals surface area contributed by atoms with Crippen molar-refractivity contribution in [3.63, 3.8) is 0 Å². The van der Waals surface area contributed by atoms with Crippen LogP contribution in [0.3, 0.4) is 0 Å². The van der Waals surface area contributed by atoms with Crippen LogP contribution in [0.2, 0.25) is 0 Å². The molecule has 9 aromatic carbocycles. The van der Waals surface area contributed by atoms with Crippen molar-refractivity contribution in [2.45, 2.75) is 19.3 Å². The molecular formula is C56H37N. The molecule has 2 aliphatic carbocycles. The third-order valence-corrected chi connectivity index (χ3v) is 12.5. The van der Waals surface area contributed by atoms with Crippen LogP contribution in [0.15, 0.2) is 182 Å². The Kier molecular flexibility index (Phi) is 7.19. The number of rotatable bonds is 4. The first kappa shape index (κ1) is 32.2. The number of benzene rings is 9. The third kappa shape index (κ3) is 5.20. The van der Waals surface area contributed by atoms with Crippen LogP contribution in [0.4, 0.5) is 0 Å². The van der Waals surface area contributed by atoms with Gasteiger partial charge in [-0.15, -0.1) is 0 Å². The van der Waals surface area contributed by atoms with E-state index < -0.39 is 0 Å². The summed E-state index contributed by atoms with van der Waals surface area (Å²) in [4.78, 5) is 5.29. The summed E-state index contributed by atoms with van der Waals surface area (Å²) in [6, 6.07) is 65.2. The Morgan fingerprint density at radius 2 is 1.05 bits per heavy atom. The van der Waals surface area contributed by atoms with Gasteiger partial charge in [-0.1, -0.05) is 158 Å². The second-order valence-corrected chi connectivity index (χ2v) is 15.7. The van der Waals surface area contributed by atoms with Crippen molar-refractivity contribution in [1.82, 2.24) is 4.98 Å². The SMILES string of the molecule is C1=Cc2c(c3ccccc3c3ccc(-c4cccc(-c5ccc6c(c5)-c5cc(-c7cccc8ccc9ccc(-c%10ccccc%10)nc9c78)ccc5C6)c4)cc23)CC1. The number of hydrogen-bond acceptors (Lipinski definition) is 1. The van der Waals surface area contributed by atoms with E-state index in [1.54, 1.807) is 0 Å². The lowest BCUT2D eigenvalue weighted by atomic mass is 9.85. The predicted octanol–water partition coefficient (Wildman–Crippen LogP) is 14.9. The lowest BCUT2D eigenvalue weighted by Gasteiger charge is -2.18. The van der Waals surface area contributed by atoms with Gasteiger partial charge >= 0.3 is 0 Å². The van der Waals surface area contributed by atoms with Gasteiger partial charge in [0.05, 0.1) is 11.2 Å². The van der Waals surface area contributed by atoms with Gasteiger partial charge in [0.2, 0.25) is 0 Å². The van der Waals surface area contributed by atoms with Crippen LogP contribution >= 0.6 is 0 Å². The van der Waals surface area contributed by atoms with Crippen LogP contribution in [0.25, 0.3) is 105 Å². The normalized spacial score (nSPS) is 13.0. The maximum atomic E-state index is 5.29. The Balaban J connectivity index is 0.942. The molecule has 266 valence electrons. The van der Waals surface area contributed by atoms with Crippen LogP contribution in [0.1, 0.15) is 28.7 Å². The second kappa shape index (κ2) is 12.7. The molecular weight excluding hydrogens is 687 g/mol. The molecule has 0 unspecified atom stereocenters. The van der Waals surface area contributed by atoms with Gasteiger partial charge in [0.1, 0.15) is 0 Å². The molecule has 0 fully saturated rings. The minimum atomic E-state index is 0.955. The maximum absolute atomic E-state index is 5.29. The summed E-state index contributed by atoms with van der Waals surface area (Å²) < 4.78 is 0. The first-order chi connectivity index (χ1) is 28.2. The van der Waals surface area contributed by atoms with Crippen molar-refractivity contribution in [3.05, 3.63) is 204 Å². The Hall–Kier alpha value is -7.09. The molecule has 10 aromatic rings. The fraction of sp³-hybridized carbons (Fsp3) is 0.0536. The fourth-order valence-corrected chi connectivity index (χ4v) is 9.72. The van der Waals surface area contributed by atoms with Crippen LogP contribution in [0.5, 0.6) is 0 Å². The first-order valence-electron chi connectivity index (χ1n) is 20.1. The van der Waals surface area contributed by atoms with Crippen molar-refractivity contribution in [3.8, 4) is 55.8 Å². The Bertz CT molecular complexity index is 3310. The average molecular weight is 724 g/mol. The second-order valence-electron chi connectivity index (χ2n) is 15.7. The van der Waals surface area contributed by atoms with E-state index in [0.717, 1.165) is 41.4 Å². The Labute approximate surface area is 332 Å². The van der Waals surface area contributed by atoms with E-state index in [0.29, 0.717) is 0 Å². The summed E-state index contributed by atoms with van der Waals surface area (Å²) >= 11 is 0. The molecule has 2 aliphatic rings. The van der Waals surface area contributed by atoms with Gasteiger partial charge < -0.3 is 0 Å². The summed E-state index contributed by atoms with van der Waals surface area (Å²) in [5.41, 5.74) is 18.9. The zero-order valence-corrected chi connectivity index (χ0v) is 31.5. The van der Waals surface area contributed by atoms with E-state index in [1.165, 1.54) is 99.1 Å². The van der Waals surface area contributed by atoms with Gasteiger partial charge in [0.25, 0.3) is 0 Å². The topological polar surface area (TPSA) is 12.9 Å². The monoisotopic (exact) mass is 723 g/mol. The molecule has 0 bridgehead atoms. The van der Waals surface area contributed by atoms with Crippen molar-refractivity contribution < 1.29 is 0 Å². The largest absolute Gasteiger partial charge is 0.247 e. The molecule has 57 heavy (non-hydrogen) atoms. The Morgan fingerprint density at radius 1 is 0.404 bits per heavy atom. The molecule has 0 aliphatic heterocycles. The van der Waals surface area contributed by atoms with Gasteiger partial charge in [0, 0.05) is 16.3 Å². The summed E-state index contributed by atoms with van der Waals surface area (Å²) in [5, 5.41) is 8.99. The number of hydrogen-bond donors (Lipinski definition) is 0. The molecule has 1 heteroatoms. The van der Waals surface area contributed by atoms with Gasteiger partial charge in [-0.25, -0.2) is 4.98 Å². The molecule has 0 atom stereocenters. The smallest absolute Gasteiger partial charge is 0.0794 e. The Morgan fingerprint density at radius 3 is 1.91 bits per heavy atom. The summed E-state index contributed by atoms with van der Waals surface area (Å²) in [6.45, 7) is 0. The van der Waals surface area contributed by atoms with Gasteiger partial charge in [0.15, 0.2) is 0 Å². The summed E-state index contributed by atoms with van der Waals surface area (Å²) in [5.74, 6) is 0. The van der Waals surface area contributed by atoms with Crippen LogP contribution in [-0.4, -0.2) is 4.98 Å². The zero-order chi connectivity index (χ0) is 37.5. The van der Waals surface area contributed by atoms with Gasteiger partial charge in [-0.3, -0.25) is 0 Å². The highest BCUT2D eigenvalue weighted by Crippen LogP contribution is 2.44. The van der Waals surface area contributed by atoms with Gasteiger partial charge in [-0.05, 0) is 143 Å². The maximum Gasteiger partial charge on any atom is 0.0794 e. The van der Waals surface area contributed by atoms with E-state index in [-0.39, 0.29) is 0 Å². The molecule has 1 heterocycles. The first-order valence-corrected chi connectivity index (χ1v) is 20.1. The number of allylic oxidation sites excluding steroid dienone is 1. The molecule has 1 nitrogen and oxygen atoms in total. The number of aromatic nitrogens is 1. The molecule has 0 saturated heterocycles. The van der Waals surface area contributed by atoms with E-state index in [4.69, 9.17) is 4.98 Å². The van der Waals surface area contributed by atoms with E-state index in [1.807, 2.05) is 0 Å².